The summed E-state index contributed by atoms with van der Waals surface area (Å²) in [5, 5.41) is 0.518. The van der Waals surface area contributed by atoms with Gasteiger partial charge in [0.1, 0.15) is 17.4 Å². The van der Waals surface area contributed by atoms with Gasteiger partial charge in [0, 0.05) is 16.9 Å². The highest BCUT2D eigenvalue weighted by Gasteiger charge is 2.24. The first-order chi connectivity index (χ1) is 14.8. The van der Waals surface area contributed by atoms with Gasteiger partial charge in [-0.1, -0.05) is 35.9 Å². The van der Waals surface area contributed by atoms with E-state index in [0.29, 0.717) is 30.1 Å². The maximum Gasteiger partial charge on any atom is 0.387 e. The Kier molecular flexibility index (Phi) is 6.15. The van der Waals surface area contributed by atoms with Crippen molar-refractivity contribution in [2.24, 2.45) is 0 Å². The fourth-order valence-corrected chi connectivity index (χ4v) is 4.50. The minimum atomic E-state index is -3.02. The minimum absolute atomic E-state index is 0.225. The summed E-state index contributed by atoms with van der Waals surface area (Å²) in [7, 11) is 2.48. The van der Waals surface area contributed by atoms with Gasteiger partial charge in [0.05, 0.1) is 0 Å². The second-order valence-corrected chi connectivity index (χ2v) is 8.16. The average Bonchev–Trinajstić information content (AvgIpc) is 2.91. The summed E-state index contributed by atoms with van der Waals surface area (Å²) in [5.74, 6) is -1.15. The van der Waals surface area contributed by atoms with Gasteiger partial charge in [-0.05, 0) is 72.2 Å². The highest BCUT2D eigenvalue weighted by molar-refractivity contribution is 7.27. The molecule has 160 valence electrons. The number of allylic oxidation sites excluding steroid dienone is 1. The molecule has 0 fully saturated rings. The highest BCUT2D eigenvalue weighted by atomic mass is 31.0. The predicted octanol–water partition coefficient (Wildman–Crippen LogP) is 6.67. The lowest BCUT2D eigenvalue weighted by Gasteiger charge is -2.18. The van der Waals surface area contributed by atoms with Crippen LogP contribution in [0.15, 0.2) is 54.6 Å². The molecule has 31 heavy (non-hydrogen) atoms. The zero-order valence-electron chi connectivity index (χ0n) is 16.9. The number of rotatable bonds is 4. The van der Waals surface area contributed by atoms with Crippen LogP contribution in [-0.4, -0.2) is 6.61 Å². The van der Waals surface area contributed by atoms with E-state index in [9.17, 15) is 13.2 Å². The lowest BCUT2D eigenvalue weighted by molar-refractivity contribution is -0.0500. The van der Waals surface area contributed by atoms with Gasteiger partial charge in [-0.2, -0.15) is 8.78 Å². The van der Waals surface area contributed by atoms with Crippen molar-refractivity contribution < 1.29 is 22.3 Å². The van der Waals surface area contributed by atoms with Crippen LogP contribution in [-0.2, 0) is 6.42 Å². The van der Waals surface area contributed by atoms with Crippen molar-refractivity contribution >= 4 is 25.7 Å². The van der Waals surface area contributed by atoms with E-state index >= 15 is 4.39 Å². The fourth-order valence-electron chi connectivity index (χ4n) is 4.11. The Morgan fingerprint density at radius 3 is 2.26 bits per heavy atom. The molecule has 0 bridgehead atoms. The van der Waals surface area contributed by atoms with Gasteiger partial charge < -0.3 is 4.74 Å². The summed E-state index contributed by atoms with van der Waals surface area (Å²) in [6.45, 7) is -1.04. The van der Waals surface area contributed by atoms with Gasteiger partial charge in [0.25, 0.3) is 0 Å². The van der Waals surface area contributed by atoms with Crippen LogP contribution >= 0.6 is 9.24 Å². The van der Waals surface area contributed by atoms with Gasteiger partial charge in [0.2, 0.25) is 0 Å². The van der Waals surface area contributed by atoms with Crippen LogP contribution < -0.4 is 10.0 Å². The molecule has 4 rings (SSSR count). The average molecular weight is 444 g/mol. The van der Waals surface area contributed by atoms with E-state index in [0.717, 1.165) is 39.5 Å². The molecule has 0 heterocycles. The number of benzene rings is 3. The van der Waals surface area contributed by atoms with Gasteiger partial charge in [-0.25, -0.2) is 8.78 Å². The van der Waals surface area contributed by atoms with Gasteiger partial charge in [0.15, 0.2) is 0 Å². The van der Waals surface area contributed by atoms with E-state index < -0.39 is 12.4 Å². The van der Waals surface area contributed by atoms with Crippen molar-refractivity contribution in [2.75, 3.05) is 0 Å². The third kappa shape index (κ3) is 4.38. The Bertz CT molecular complexity index is 1150. The van der Waals surface area contributed by atoms with Gasteiger partial charge in [-0.3, -0.25) is 0 Å². The molecule has 0 spiro atoms. The van der Waals surface area contributed by atoms with Crippen molar-refractivity contribution in [1.82, 2.24) is 0 Å². The number of hydrogen-bond acceptors (Lipinski definition) is 1. The Balaban J connectivity index is 1.97. The molecule has 1 unspecified atom stereocenters. The number of halogens is 4. The number of fused-ring (bicyclic) bond motifs is 1. The van der Waals surface area contributed by atoms with E-state index in [4.69, 9.17) is 0 Å². The van der Waals surface area contributed by atoms with Crippen molar-refractivity contribution in [1.29, 1.82) is 0 Å². The smallest absolute Gasteiger partial charge is 0.387 e. The lowest BCUT2D eigenvalue weighted by atomic mass is 9.87. The van der Waals surface area contributed by atoms with E-state index in [1.54, 1.807) is 6.07 Å². The maximum atomic E-state index is 15.1. The molecule has 0 aliphatic heterocycles. The first-order valence-electron chi connectivity index (χ1n) is 9.97. The van der Waals surface area contributed by atoms with E-state index in [1.807, 2.05) is 31.2 Å². The van der Waals surface area contributed by atoms with Crippen molar-refractivity contribution in [3.8, 4) is 5.75 Å². The molecule has 1 atom stereocenters. The molecule has 1 aliphatic carbocycles. The van der Waals surface area contributed by atoms with Gasteiger partial charge in [-0.15, -0.1) is 9.24 Å². The summed E-state index contributed by atoms with van der Waals surface area (Å²) < 4.78 is 58.7. The molecule has 0 aromatic heterocycles. The quantitative estimate of drug-likeness (QED) is 0.323. The summed E-state index contributed by atoms with van der Waals surface area (Å²) in [4.78, 5) is 0. The Hall–Kier alpha value is -2.65. The number of alkyl halides is 2. The monoisotopic (exact) mass is 444 g/mol. The van der Waals surface area contributed by atoms with Crippen molar-refractivity contribution in [3.63, 3.8) is 0 Å². The van der Waals surface area contributed by atoms with E-state index in [-0.39, 0.29) is 11.6 Å². The standard InChI is InChI=1S/C25H21F4OP/c1-14-5-7-15(8-6-14)23-18(17-10-9-16(13-22(17)27)30-25(28)29)3-2-4-20-19(23)11-12-21(26)24(20)31/h5-13,25H,2-4,31H2,1H3. The molecule has 1 aliphatic rings. The van der Waals surface area contributed by atoms with Crippen LogP contribution in [0, 0.1) is 18.6 Å². The molecular formula is C25H21F4OP. The second-order valence-electron chi connectivity index (χ2n) is 7.58. The van der Waals surface area contributed by atoms with Crippen molar-refractivity contribution in [3.05, 3.63) is 94.0 Å². The number of ether oxygens (including phenoxy) is 1. The molecular weight excluding hydrogens is 423 g/mol. The number of aryl methyl sites for hydroxylation is 1. The molecule has 0 radical (unpaired) electrons. The molecule has 0 N–H and O–H groups in total. The van der Waals surface area contributed by atoms with Crippen LogP contribution in [0.3, 0.4) is 0 Å². The van der Waals surface area contributed by atoms with E-state index in [2.05, 4.69) is 14.0 Å². The first kappa shape index (κ1) is 21.6. The third-order valence-electron chi connectivity index (χ3n) is 5.56. The van der Waals surface area contributed by atoms with Crippen molar-refractivity contribution in [2.45, 2.75) is 32.8 Å². The van der Waals surface area contributed by atoms with Crippen LogP contribution in [0.1, 0.15) is 40.7 Å². The molecule has 6 heteroatoms. The van der Waals surface area contributed by atoms with Crippen LogP contribution in [0.5, 0.6) is 5.75 Å². The largest absolute Gasteiger partial charge is 0.435 e. The number of hydrogen-bond donors (Lipinski definition) is 0. The second kappa shape index (κ2) is 8.84. The van der Waals surface area contributed by atoms with Crippen LogP contribution in [0.4, 0.5) is 17.6 Å². The zero-order valence-corrected chi connectivity index (χ0v) is 18.0. The van der Waals surface area contributed by atoms with Crippen LogP contribution in [0.25, 0.3) is 11.1 Å². The summed E-state index contributed by atoms with van der Waals surface area (Å²) in [6.07, 6.45) is 1.92. The first-order valence-corrected chi connectivity index (χ1v) is 10.5. The SMILES string of the molecule is Cc1ccc(C2=C(c3ccc(OC(F)F)cc3F)CCCc3c2ccc(F)c3P)cc1. The summed E-state index contributed by atoms with van der Waals surface area (Å²) in [6, 6.07) is 14.9. The fraction of sp³-hybridized carbons (Fsp3) is 0.200. The topological polar surface area (TPSA) is 9.23 Å². The molecule has 0 amide bonds. The Morgan fingerprint density at radius 2 is 1.58 bits per heavy atom. The van der Waals surface area contributed by atoms with Gasteiger partial charge >= 0.3 is 6.61 Å². The van der Waals surface area contributed by atoms with Crippen LogP contribution in [0.2, 0.25) is 0 Å². The lowest BCUT2D eigenvalue weighted by Crippen LogP contribution is -2.10. The normalized spacial score (nSPS) is 13.9. The Labute approximate surface area is 181 Å². The molecule has 0 saturated carbocycles. The summed E-state index contributed by atoms with van der Waals surface area (Å²) in [5.41, 5.74) is 5.65. The van der Waals surface area contributed by atoms with E-state index in [1.165, 1.54) is 18.2 Å². The molecule has 3 aromatic rings. The zero-order chi connectivity index (χ0) is 22.1. The Morgan fingerprint density at radius 1 is 0.871 bits per heavy atom. The third-order valence-corrected chi connectivity index (χ3v) is 6.18. The predicted molar refractivity (Wildman–Crippen MR) is 119 cm³/mol. The minimum Gasteiger partial charge on any atom is -0.435 e. The highest BCUT2D eigenvalue weighted by Crippen LogP contribution is 2.41. The maximum absolute atomic E-state index is 15.1. The molecule has 1 nitrogen and oxygen atoms in total. The molecule has 0 saturated heterocycles. The molecule has 3 aromatic carbocycles. The summed E-state index contributed by atoms with van der Waals surface area (Å²) >= 11 is 0.